The number of carbonyl (C=O) groups excluding carboxylic acids is 1. The maximum atomic E-state index is 13.1. The fraction of sp³-hybridized carbons (Fsp3) is 0.409. The maximum Gasteiger partial charge on any atom is 0.246 e. The minimum atomic E-state index is -3.68. The number of rotatable bonds is 7. The summed E-state index contributed by atoms with van der Waals surface area (Å²) in [5.41, 5.74) is 1.75. The molecular weight excluding hydrogens is 404 g/mol. The quantitative estimate of drug-likeness (QED) is 0.727. The van der Waals surface area contributed by atoms with Crippen LogP contribution in [0.25, 0.3) is 0 Å². The van der Waals surface area contributed by atoms with Gasteiger partial charge in [0.1, 0.15) is 16.4 Å². The summed E-state index contributed by atoms with van der Waals surface area (Å²) in [6, 6.07) is 12.6. The van der Waals surface area contributed by atoms with Crippen LogP contribution in [0.15, 0.2) is 47.4 Å². The van der Waals surface area contributed by atoms with Crippen LogP contribution in [0.3, 0.4) is 0 Å². The van der Waals surface area contributed by atoms with E-state index in [1.807, 2.05) is 37.3 Å². The summed E-state index contributed by atoms with van der Waals surface area (Å²) in [6.07, 6.45) is 0.955. The van der Waals surface area contributed by atoms with Crippen molar-refractivity contribution in [2.75, 3.05) is 27.3 Å². The molecule has 0 spiro atoms. The van der Waals surface area contributed by atoms with Crippen molar-refractivity contribution >= 4 is 15.9 Å². The molecule has 0 atom stereocenters. The normalized spacial score (nSPS) is 15.6. The Balaban J connectivity index is 1.61. The first-order valence-electron chi connectivity index (χ1n) is 9.91. The first-order valence-corrected chi connectivity index (χ1v) is 11.3. The number of amides is 1. The van der Waals surface area contributed by atoms with Gasteiger partial charge in [-0.2, -0.15) is 4.31 Å². The van der Waals surface area contributed by atoms with Gasteiger partial charge >= 0.3 is 0 Å². The van der Waals surface area contributed by atoms with Crippen molar-refractivity contribution in [2.24, 2.45) is 5.92 Å². The highest BCUT2D eigenvalue weighted by molar-refractivity contribution is 7.89. The fourth-order valence-corrected chi connectivity index (χ4v) is 5.37. The second kappa shape index (κ2) is 9.49. The van der Waals surface area contributed by atoms with Gasteiger partial charge in [0.15, 0.2) is 0 Å². The van der Waals surface area contributed by atoms with Crippen LogP contribution in [0.5, 0.6) is 11.5 Å². The van der Waals surface area contributed by atoms with Crippen molar-refractivity contribution in [1.82, 2.24) is 9.62 Å². The van der Waals surface area contributed by atoms with Crippen molar-refractivity contribution in [2.45, 2.75) is 31.2 Å². The standard InChI is InChI=1S/C22H28N2O5S/c1-16-8-9-20(29-3)21(14-16)30(26,27)24-12-10-17(11-13-24)22(25)23-15-18-6-4-5-7-19(18)28-2/h4-9,14,17H,10-13,15H2,1-3H3,(H,23,25). The van der Waals surface area contributed by atoms with E-state index < -0.39 is 10.0 Å². The van der Waals surface area contributed by atoms with Crippen LogP contribution in [0, 0.1) is 12.8 Å². The molecule has 2 aromatic carbocycles. The van der Waals surface area contributed by atoms with Gasteiger partial charge in [-0.05, 0) is 43.5 Å². The molecule has 1 heterocycles. The molecular formula is C22H28N2O5S. The molecule has 2 aromatic rings. The number of hydrogen-bond acceptors (Lipinski definition) is 5. The van der Waals surface area contributed by atoms with E-state index in [1.54, 1.807) is 19.2 Å². The van der Waals surface area contributed by atoms with E-state index in [2.05, 4.69) is 5.32 Å². The second-order valence-corrected chi connectivity index (χ2v) is 9.27. The lowest BCUT2D eigenvalue weighted by Gasteiger charge is -2.31. The Kier molecular flexibility index (Phi) is 6.99. The van der Waals surface area contributed by atoms with E-state index >= 15 is 0 Å². The molecule has 0 aromatic heterocycles. The molecule has 8 heteroatoms. The number of para-hydroxylation sites is 1. The fourth-order valence-electron chi connectivity index (χ4n) is 3.66. The van der Waals surface area contributed by atoms with Crippen molar-refractivity contribution in [1.29, 1.82) is 0 Å². The predicted octanol–water partition coefficient (Wildman–Crippen LogP) is 2.73. The Hall–Kier alpha value is -2.58. The Morgan fingerprint density at radius 3 is 2.40 bits per heavy atom. The third-order valence-electron chi connectivity index (χ3n) is 5.41. The highest BCUT2D eigenvalue weighted by Gasteiger charge is 2.33. The Bertz CT molecular complexity index is 998. The molecule has 0 bridgehead atoms. The lowest BCUT2D eigenvalue weighted by Crippen LogP contribution is -2.43. The van der Waals surface area contributed by atoms with Gasteiger partial charge in [-0.15, -0.1) is 0 Å². The molecule has 1 fully saturated rings. The van der Waals surface area contributed by atoms with Gasteiger partial charge in [-0.25, -0.2) is 8.42 Å². The lowest BCUT2D eigenvalue weighted by molar-refractivity contribution is -0.126. The van der Waals surface area contributed by atoms with E-state index in [0.29, 0.717) is 38.2 Å². The Labute approximate surface area is 178 Å². The largest absolute Gasteiger partial charge is 0.496 e. The monoisotopic (exact) mass is 432 g/mol. The summed E-state index contributed by atoms with van der Waals surface area (Å²) in [5.74, 6) is 0.778. The van der Waals surface area contributed by atoms with Crippen LogP contribution in [0.2, 0.25) is 0 Å². The number of nitrogens with one attached hydrogen (secondary N) is 1. The zero-order chi connectivity index (χ0) is 21.7. The topological polar surface area (TPSA) is 84.9 Å². The summed E-state index contributed by atoms with van der Waals surface area (Å²) in [5, 5.41) is 2.95. The third-order valence-corrected chi connectivity index (χ3v) is 7.33. The number of benzene rings is 2. The average molecular weight is 433 g/mol. The molecule has 1 saturated heterocycles. The minimum Gasteiger partial charge on any atom is -0.496 e. The van der Waals surface area contributed by atoms with Gasteiger partial charge in [0.2, 0.25) is 15.9 Å². The van der Waals surface area contributed by atoms with Gasteiger partial charge in [0.25, 0.3) is 0 Å². The van der Waals surface area contributed by atoms with Crippen LogP contribution in [-0.4, -0.2) is 45.9 Å². The Morgan fingerprint density at radius 2 is 1.73 bits per heavy atom. The molecule has 30 heavy (non-hydrogen) atoms. The summed E-state index contributed by atoms with van der Waals surface area (Å²) < 4.78 is 38.2. The predicted molar refractivity (Wildman–Crippen MR) is 114 cm³/mol. The number of piperidine rings is 1. The number of sulfonamides is 1. The zero-order valence-electron chi connectivity index (χ0n) is 17.6. The van der Waals surface area contributed by atoms with Crippen LogP contribution >= 0.6 is 0 Å². The SMILES string of the molecule is COc1ccccc1CNC(=O)C1CCN(S(=O)(=O)c2cc(C)ccc2OC)CC1. The van der Waals surface area contributed by atoms with Crippen molar-refractivity contribution < 1.29 is 22.7 Å². The zero-order valence-corrected chi connectivity index (χ0v) is 18.4. The number of nitrogens with zero attached hydrogens (tertiary/aromatic N) is 1. The number of methoxy groups -OCH3 is 2. The van der Waals surface area contributed by atoms with E-state index in [-0.39, 0.29) is 16.7 Å². The van der Waals surface area contributed by atoms with Crippen molar-refractivity contribution in [3.8, 4) is 11.5 Å². The van der Waals surface area contributed by atoms with Gasteiger partial charge in [0.05, 0.1) is 14.2 Å². The van der Waals surface area contributed by atoms with Gasteiger partial charge in [-0.1, -0.05) is 24.3 Å². The minimum absolute atomic E-state index is 0.0638. The highest BCUT2D eigenvalue weighted by atomic mass is 32.2. The molecule has 0 unspecified atom stereocenters. The van der Waals surface area contributed by atoms with E-state index in [9.17, 15) is 13.2 Å². The molecule has 0 saturated carbocycles. The molecule has 1 N–H and O–H groups in total. The summed E-state index contributed by atoms with van der Waals surface area (Å²) >= 11 is 0. The van der Waals surface area contributed by atoms with Gasteiger partial charge in [-0.3, -0.25) is 4.79 Å². The molecule has 0 radical (unpaired) electrons. The smallest absolute Gasteiger partial charge is 0.246 e. The number of aryl methyl sites for hydroxylation is 1. The molecule has 3 rings (SSSR count). The number of carbonyl (C=O) groups is 1. The van der Waals surface area contributed by atoms with Crippen molar-refractivity contribution in [3.05, 3.63) is 53.6 Å². The van der Waals surface area contributed by atoms with Crippen LogP contribution in [0.4, 0.5) is 0 Å². The third kappa shape index (κ3) is 4.76. The Morgan fingerprint density at radius 1 is 1.07 bits per heavy atom. The van der Waals surface area contributed by atoms with Crippen LogP contribution in [-0.2, 0) is 21.4 Å². The summed E-state index contributed by atoms with van der Waals surface area (Å²) in [7, 11) is -0.623. The van der Waals surface area contributed by atoms with E-state index in [0.717, 1.165) is 16.9 Å². The van der Waals surface area contributed by atoms with E-state index in [1.165, 1.54) is 11.4 Å². The molecule has 1 aliphatic heterocycles. The number of hydrogen-bond donors (Lipinski definition) is 1. The van der Waals surface area contributed by atoms with Gasteiger partial charge in [0, 0.05) is 31.1 Å². The van der Waals surface area contributed by atoms with E-state index in [4.69, 9.17) is 9.47 Å². The molecule has 1 aliphatic rings. The van der Waals surface area contributed by atoms with Crippen LogP contribution < -0.4 is 14.8 Å². The summed E-state index contributed by atoms with van der Waals surface area (Å²) in [4.78, 5) is 12.8. The summed E-state index contributed by atoms with van der Waals surface area (Å²) in [6.45, 7) is 2.82. The van der Waals surface area contributed by atoms with Crippen molar-refractivity contribution in [3.63, 3.8) is 0 Å². The molecule has 0 aliphatic carbocycles. The number of ether oxygens (including phenoxy) is 2. The highest BCUT2D eigenvalue weighted by Crippen LogP contribution is 2.30. The maximum absolute atomic E-state index is 13.1. The first-order chi connectivity index (χ1) is 14.4. The first kappa shape index (κ1) is 22.1. The lowest BCUT2D eigenvalue weighted by atomic mass is 9.97. The average Bonchev–Trinajstić information content (AvgIpc) is 2.77. The molecule has 162 valence electrons. The molecule has 7 nitrogen and oxygen atoms in total. The molecule has 1 amide bonds. The van der Waals surface area contributed by atoms with Gasteiger partial charge < -0.3 is 14.8 Å². The second-order valence-electron chi connectivity index (χ2n) is 7.36. The van der Waals surface area contributed by atoms with Crippen LogP contribution in [0.1, 0.15) is 24.0 Å².